The third-order valence-corrected chi connectivity index (χ3v) is 5.07. The molecule has 0 radical (unpaired) electrons. The van der Waals surface area contributed by atoms with Crippen LogP contribution in [-0.2, 0) is 10.2 Å². The van der Waals surface area contributed by atoms with Gasteiger partial charge in [-0.1, -0.05) is 24.3 Å². The molecule has 108 valence electrons. The number of nitrogens with zero attached hydrogens (tertiary/aromatic N) is 1. The van der Waals surface area contributed by atoms with Gasteiger partial charge < -0.3 is 15.7 Å². The standard InChI is InChI=1S/C16H22N2O2/c17-14(11-15(19)20)12-1-3-13(4-2-12)16-5-8-18(9-6-16)10-7-16/h1-4,14H,5-11,17H2,(H,19,20). The van der Waals surface area contributed by atoms with E-state index >= 15 is 0 Å². The fourth-order valence-corrected chi connectivity index (χ4v) is 3.65. The molecule has 1 unspecified atom stereocenters. The Morgan fingerprint density at radius 1 is 1.20 bits per heavy atom. The average Bonchev–Trinajstić information content (AvgIpc) is 2.49. The molecule has 3 fully saturated rings. The number of nitrogens with two attached hydrogens (primary N) is 1. The molecule has 4 heteroatoms. The van der Waals surface area contributed by atoms with Gasteiger partial charge in [-0.25, -0.2) is 0 Å². The molecule has 0 aliphatic carbocycles. The van der Waals surface area contributed by atoms with E-state index in [2.05, 4.69) is 17.0 Å². The van der Waals surface area contributed by atoms with Crippen LogP contribution in [0, 0.1) is 0 Å². The lowest BCUT2D eigenvalue weighted by atomic mass is 9.67. The second kappa shape index (κ2) is 5.19. The molecule has 0 saturated carbocycles. The van der Waals surface area contributed by atoms with Crippen molar-refractivity contribution in [2.45, 2.75) is 37.1 Å². The number of hydrogen-bond acceptors (Lipinski definition) is 3. The average molecular weight is 274 g/mol. The Bertz CT molecular complexity index is 476. The Kier molecular flexibility index (Phi) is 3.52. The van der Waals surface area contributed by atoms with Crippen molar-refractivity contribution in [3.05, 3.63) is 35.4 Å². The van der Waals surface area contributed by atoms with E-state index in [0.29, 0.717) is 5.41 Å². The largest absolute Gasteiger partial charge is 0.481 e. The predicted octanol–water partition coefficient (Wildman–Crippen LogP) is 1.90. The van der Waals surface area contributed by atoms with E-state index in [1.807, 2.05) is 12.1 Å². The second-order valence-corrected chi connectivity index (χ2v) is 6.20. The second-order valence-electron chi connectivity index (χ2n) is 6.20. The summed E-state index contributed by atoms with van der Waals surface area (Å²) in [5.41, 5.74) is 8.58. The lowest BCUT2D eigenvalue weighted by Gasteiger charge is -2.49. The highest BCUT2D eigenvalue weighted by molar-refractivity contribution is 5.67. The maximum absolute atomic E-state index is 10.7. The number of piperidine rings is 3. The van der Waals surface area contributed by atoms with Gasteiger partial charge in [0, 0.05) is 6.04 Å². The van der Waals surface area contributed by atoms with Crippen LogP contribution in [0.5, 0.6) is 0 Å². The first-order valence-electron chi connectivity index (χ1n) is 7.39. The van der Waals surface area contributed by atoms with Gasteiger partial charge in [0.2, 0.25) is 0 Å². The van der Waals surface area contributed by atoms with Crippen molar-refractivity contribution in [1.82, 2.24) is 4.90 Å². The molecule has 0 spiro atoms. The van der Waals surface area contributed by atoms with Crippen molar-refractivity contribution in [3.8, 4) is 0 Å². The molecular formula is C16H22N2O2. The van der Waals surface area contributed by atoms with Gasteiger partial charge in [-0.2, -0.15) is 0 Å². The van der Waals surface area contributed by atoms with Crippen LogP contribution in [0.25, 0.3) is 0 Å². The topological polar surface area (TPSA) is 66.6 Å². The first-order valence-corrected chi connectivity index (χ1v) is 7.39. The van der Waals surface area contributed by atoms with Gasteiger partial charge in [0.1, 0.15) is 0 Å². The summed E-state index contributed by atoms with van der Waals surface area (Å²) in [5, 5.41) is 8.80. The van der Waals surface area contributed by atoms with E-state index in [9.17, 15) is 4.79 Å². The summed E-state index contributed by atoms with van der Waals surface area (Å²) < 4.78 is 0. The van der Waals surface area contributed by atoms with Crippen molar-refractivity contribution in [2.24, 2.45) is 5.73 Å². The van der Waals surface area contributed by atoms with Crippen molar-refractivity contribution in [1.29, 1.82) is 0 Å². The quantitative estimate of drug-likeness (QED) is 0.880. The summed E-state index contributed by atoms with van der Waals surface area (Å²) >= 11 is 0. The van der Waals surface area contributed by atoms with Crippen LogP contribution >= 0.6 is 0 Å². The van der Waals surface area contributed by atoms with E-state index in [0.717, 1.165) is 5.56 Å². The van der Waals surface area contributed by atoms with Gasteiger partial charge in [0.25, 0.3) is 0 Å². The maximum atomic E-state index is 10.7. The molecular weight excluding hydrogens is 252 g/mol. The molecule has 4 rings (SSSR count). The minimum atomic E-state index is -0.847. The molecule has 3 aliphatic heterocycles. The number of hydrogen-bond donors (Lipinski definition) is 2. The molecule has 3 N–H and O–H groups in total. The van der Waals surface area contributed by atoms with E-state index in [1.54, 1.807) is 0 Å². The monoisotopic (exact) mass is 274 g/mol. The van der Waals surface area contributed by atoms with Crippen LogP contribution in [0.3, 0.4) is 0 Å². The van der Waals surface area contributed by atoms with Gasteiger partial charge in [-0.05, 0) is 55.4 Å². The molecule has 4 nitrogen and oxygen atoms in total. The number of fused-ring (bicyclic) bond motifs is 3. The van der Waals surface area contributed by atoms with E-state index in [4.69, 9.17) is 10.8 Å². The van der Waals surface area contributed by atoms with Gasteiger partial charge >= 0.3 is 5.97 Å². The summed E-state index contributed by atoms with van der Waals surface area (Å²) in [6.07, 6.45) is 3.72. The fraction of sp³-hybridized carbons (Fsp3) is 0.562. The number of carboxylic acids is 1. The smallest absolute Gasteiger partial charge is 0.305 e. The lowest BCUT2D eigenvalue weighted by Crippen LogP contribution is -2.50. The number of carbonyl (C=O) groups is 1. The van der Waals surface area contributed by atoms with Crippen LogP contribution in [0.2, 0.25) is 0 Å². The number of aliphatic carboxylic acids is 1. The van der Waals surface area contributed by atoms with Crippen molar-refractivity contribution in [3.63, 3.8) is 0 Å². The summed E-state index contributed by atoms with van der Waals surface area (Å²) in [6.45, 7) is 3.63. The maximum Gasteiger partial charge on any atom is 0.305 e. The molecule has 3 saturated heterocycles. The van der Waals surface area contributed by atoms with Crippen LogP contribution in [0.1, 0.15) is 42.9 Å². The zero-order valence-electron chi connectivity index (χ0n) is 11.7. The van der Waals surface area contributed by atoms with Gasteiger partial charge in [-0.15, -0.1) is 0 Å². The van der Waals surface area contributed by atoms with Gasteiger partial charge in [-0.3, -0.25) is 4.79 Å². The van der Waals surface area contributed by atoms with Crippen molar-refractivity contribution >= 4 is 5.97 Å². The fourth-order valence-electron chi connectivity index (χ4n) is 3.65. The van der Waals surface area contributed by atoms with Crippen LogP contribution in [-0.4, -0.2) is 35.6 Å². The minimum Gasteiger partial charge on any atom is -0.481 e. The highest BCUT2D eigenvalue weighted by Gasteiger charge is 2.40. The molecule has 0 amide bonds. The summed E-state index contributed by atoms with van der Waals surface area (Å²) in [6, 6.07) is 7.94. The Morgan fingerprint density at radius 3 is 2.25 bits per heavy atom. The first kappa shape index (κ1) is 13.6. The van der Waals surface area contributed by atoms with Crippen LogP contribution in [0.15, 0.2) is 24.3 Å². The normalized spacial score (nSPS) is 30.1. The molecule has 1 atom stereocenters. The summed E-state index contributed by atoms with van der Waals surface area (Å²) in [4.78, 5) is 13.3. The Balaban J connectivity index is 1.77. The van der Waals surface area contributed by atoms with Crippen molar-refractivity contribution in [2.75, 3.05) is 19.6 Å². The zero-order valence-corrected chi connectivity index (χ0v) is 11.7. The SMILES string of the molecule is NC(CC(=O)O)c1ccc(C23CCN(CC2)CC3)cc1. The van der Waals surface area contributed by atoms with Crippen LogP contribution in [0.4, 0.5) is 0 Å². The number of rotatable bonds is 4. The molecule has 3 aliphatic rings. The predicted molar refractivity (Wildman–Crippen MR) is 77.6 cm³/mol. The van der Waals surface area contributed by atoms with Gasteiger partial charge in [0.15, 0.2) is 0 Å². The zero-order chi connectivity index (χ0) is 14.2. The third kappa shape index (κ3) is 2.45. The Labute approximate surface area is 119 Å². The summed E-state index contributed by atoms with van der Waals surface area (Å²) in [7, 11) is 0. The molecule has 1 aromatic carbocycles. The minimum absolute atomic E-state index is 0.0144. The molecule has 3 heterocycles. The molecule has 20 heavy (non-hydrogen) atoms. The number of carboxylic acid groups (broad SMARTS) is 1. The Hall–Kier alpha value is -1.39. The van der Waals surface area contributed by atoms with E-state index < -0.39 is 12.0 Å². The molecule has 2 bridgehead atoms. The lowest BCUT2D eigenvalue weighted by molar-refractivity contribution is -0.137. The highest BCUT2D eigenvalue weighted by atomic mass is 16.4. The number of benzene rings is 1. The van der Waals surface area contributed by atoms with Crippen molar-refractivity contribution < 1.29 is 9.90 Å². The molecule has 0 aromatic heterocycles. The van der Waals surface area contributed by atoms with Gasteiger partial charge in [0.05, 0.1) is 6.42 Å². The van der Waals surface area contributed by atoms with E-state index in [1.165, 1.54) is 44.5 Å². The molecule has 1 aromatic rings. The summed E-state index contributed by atoms with van der Waals surface area (Å²) in [5.74, 6) is -0.847. The highest BCUT2D eigenvalue weighted by Crippen LogP contribution is 2.42. The van der Waals surface area contributed by atoms with E-state index in [-0.39, 0.29) is 6.42 Å². The first-order chi connectivity index (χ1) is 9.59. The third-order valence-electron chi connectivity index (χ3n) is 5.07. The Morgan fingerprint density at radius 2 is 1.75 bits per heavy atom. The van der Waals surface area contributed by atoms with Crippen LogP contribution < -0.4 is 5.73 Å².